The first-order chi connectivity index (χ1) is 7.45. The molecular formula is C10H16N2S3. The molecule has 1 aromatic rings. The van der Waals surface area contributed by atoms with Crippen LogP contribution in [0.2, 0.25) is 0 Å². The maximum absolute atomic E-state index is 4.29. The topological polar surface area (TPSA) is 24.9 Å². The predicted octanol–water partition coefficient (Wildman–Crippen LogP) is 2.12. The maximum atomic E-state index is 4.29. The van der Waals surface area contributed by atoms with Crippen LogP contribution in [0, 0.1) is 0 Å². The molecule has 1 aliphatic rings. The van der Waals surface area contributed by atoms with Gasteiger partial charge in [-0.15, -0.1) is 11.3 Å². The number of rotatable bonds is 4. The Morgan fingerprint density at radius 3 is 2.80 bits per heavy atom. The fourth-order valence-electron chi connectivity index (χ4n) is 1.49. The van der Waals surface area contributed by atoms with Gasteiger partial charge >= 0.3 is 0 Å². The second-order valence-electron chi connectivity index (χ2n) is 3.48. The minimum absolute atomic E-state index is 0.697. The van der Waals surface area contributed by atoms with E-state index in [0.717, 1.165) is 13.0 Å². The molecule has 0 saturated carbocycles. The number of thiazole rings is 1. The molecule has 0 atom stereocenters. The van der Waals surface area contributed by atoms with E-state index in [2.05, 4.69) is 33.8 Å². The van der Waals surface area contributed by atoms with E-state index in [9.17, 15) is 0 Å². The summed E-state index contributed by atoms with van der Waals surface area (Å²) in [6.45, 7) is 1.07. The summed E-state index contributed by atoms with van der Waals surface area (Å²) in [5.74, 6) is 5.17. The highest BCUT2D eigenvalue weighted by Crippen LogP contribution is 2.16. The van der Waals surface area contributed by atoms with Gasteiger partial charge < -0.3 is 5.32 Å². The number of hydrogen-bond acceptors (Lipinski definition) is 5. The largest absolute Gasteiger partial charge is 0.312 e. The van der Waals surface area contributed by atoms with Crippen molar-refractivity contribution in [2.75, 3.05) is 29.6 Å². The zero-order valence-corrected chi connectivity index (χ0v) is 11.1. The Kier molecular flexibility index (Phi) is 5.32. The molecule has 1 aromatic heterocycles. The molecule has 1 N–H and O–H groups in total. The molecule has 0 radical (unpaired) electrons. The first-order valence-corrected chi connectivity index (χ1v) is 8.41. The van der Waals surface area contributed by atoms with Crippen molar-refractivity contribution in [1.82, 2.24) is 10.3 Å². The van der Waals surface area contributed by atoms with E-state index in [-0.39, 0.29) is 0 Å². The van der Waals surface area contributed by atoms with E-state index >= 15 is 0 Å². The fraction of sp³-hybridized carbons (Fsp3) is 0.700. The summed E-state index contributed by atoms with van der Waals surface area (Å²) in [7, 11) is 0. The number of nitrogens with zero attached hydrogens (tertiary/aromatic N) is 1. The van der Waals surface area contributed by atoms with Crippen molar-refractivity contribution in [3.05, 3.63) is 16.6 Å². The van der Waals surface area contributed by atoms with Gasteiger partial charge in [0.25, 0.3) is 0 Å². The van der Waals surface area contributed by atoms with Gasteiger partial charge in [-0.3, -0.25) is 0 Å². The van der Waals surface area contributed by atoms with Crippen molar-refractivity contribution in [2.45, 2.75) is 12.5 Å². The average molecular weight is 260 g/mol. The van der Waals surface area contributed by atoms with E-state index in [1.54, 1.807) is 11.3 Å². The molecule has 2 nitrogen and oxygen atoms in total. The van der Waals surface area contributed by atoms with Crippen LogP contribution in [-0.4, -0.2) is 40.6 Å². The van der Waals surface area contributed by atoms with Crippen LogP contribution in [0.25, 0.3) is 0 Å². The quantitative estimate of drug-likeness (QED) is 0.896. The number of nitrogens with one attached hydrogen (secondary N) is 1. The molecule has 15 heavy (non-hydrogen) atoms. The van der Waals surface area contributed by atoms with Crippen LogP contribution in [0.3, 0.4) is 0 Å². The van der Waals surface area contributed by atoms with Gasteiger partial charge in [0, 0.05) is 53.6 Å². The molecule has 0 bridgehead atoms. The van der Waals surface area contributed by atoms with Crippen molar-refractivity contribution in [2.24, 2.45) is 0 Å². The average Bonchev–Trinajstić information content (AvgIpc) is 2.62. The van der Waals surface area contributed by atoms with Crippen LogP contribution >= 0.6 is 34.9 Å². The summed E-state index contributed by atoms with van der Waals surface area (Å²) < 4.78 is 0. The van der Waals surface area contributed by atoms with Gasteiger partial charge in [0.2, 0.25) is 0 Å². The molecule has 5 heteroatoms. The summed E-state index contributed by atoms with van der Waals surface area (Å²) in [5.41, 5.74) is 0. The Morgan fingerprint density at radius 2 is 2.13 bits per heavy atom. The zero-order valence-electron chi connectivity index (χ0n) is 8.65. The lowest BCUT2D eigenvalue weighted by Crippen LogP contribution is -2.34. The van der Waals surface area contributed by atoms with E-state index < -0.39 is 0 Å². The number of aromatic nitrogens is 1. The highest BCUT2D eigenvalue weighted by atomic mass is 32.2. The minimum Gasteiger partial charge on any atom is -0.312 e. The van der Waals surface area contributed by atoms with Crippen molar-refractivity contribution in [3.8, 4) is 0 Å². The van der Waals surface area contributed by atoms with Gasteiger partial charge in [0.05, 0.1) is 5.01 Å². The third kappa shape index (κ3) is 4.34. The molecule has 1 saturated heterocycles. The first kappa shape index (κ1) is 11.8. The Labute approximate surface area is 104 Å². The van der Waals surface area contributed by atoms with Crippen LogP contribution < -0.4 is 5.32 Å². The fourth-order valence-corrected chi connectivity index (χ4v) is 4.58. The summed E-state index contributed by atoms with van der Waals surface area (Å²) in [5, 5.41) is 6.92. The van der Waals surface area contributed by atoms with Crippen LogP contribution in [0.4, 0.5) is 0 Å². The first-order valence-electron chi connectivity index (χ1n) is 5.22. The highest BCUT2D eigenvalue weighted by Gasteiger charge is 2.11. The minimum atomic E-state index is 0.697. The zero-order chi connectivity index (χ0) is 10.3. The SMILES string of the molecule is c1csc(CCNC2CSCCSC2)n1. The molecule has 0 amide bonds. The molecule has 1 aliphatic heterocycles. The van der Waals surface area contributed by atoms with Crippen molar-refractivity contribution in [3.63, 3.8) is 0 Å². The third-order valence-corrected chi connectivity index (χ3v) is 5.62. The van der Waals surface area contributed by atoms with Crippen molar-refractivity contribution < 1.29 is 0 Å². The molecule has 2 heterocycles. The second-order valence-corrected chi connectivity index (χ2v) is 6.76. The van der Waals surface area contributed by atoms with Crippen molar-refractivity contribution in [1.29, 1.82) is 0 Å². The lowest BCUT2D eigenvalue weighted by atomic mass is 10.3. The molecule has 0 aliphatic carbocycles. The summed E-state index contributed by atoms with van der Waals surface area (Å²) in [4.78, 5) is 4.29. The monoisotopic (exact) mass is 260 g/mol. The Bertz CT molecular complexity index is 256. The Balaban J connectivity index is 1.64. The van der Waals surface area contributed by atoms with Gasteiger partial charge in [-0.1, -0.05) is 0 Å². The Morgan fingerprint density at radius 1 is 1.33 bits per heavy atom. The van der Waals surface area contributed by atoms with E-state index in [1.807, 2.05) is 11.6 Å². The summed E-state index contributed by atoms with van der Waals surface area (Å²) in [6.07, 6.45) is 2.96. The lowest BCUT2D eigenvalue weighted by Gasteiger charge is -2.14. The van der Waals surface area contributed by atoms with Gasteiger partial charge in [0.15, 0.2) is 0 Å². The predicted molar refractivity (Wildman–Crippen MR) is 72.3 cm³/mol. The molecular weight excluding hydrogens is 244 g/mol. The normalized spacial score (nSPS) is 18.9. The molecule has 84 valence electrons. The van der Waals surface area contributed by atoms with Crippen LogP contribution in [0.1, 0.15) is 5.01 Å². The van der Waals surface area contributed by atoms with E-state index in [0.29, 0.717) is 6.04 Å². The summed E-state index contributed by atoms with van der Waals surface area (Å²) in [6, 6.07) is 0.697. The molecule has 2 rings (SSSR count). The van der Waals surface area contributed by atoms with Crippen molar-refractivity contribution >= 4 is 34.9 Å². The van der Waals surface area contributed by atoms with Crippen LogP contribution in [-0.2, 0) is 6.42 Å². The standard InChI is InChI=1S/C10H16N2S3/c1(10-12-3-4-15-10)2-11-9-7-13-5-6-14-8-9/h3-4,9,11H,1-2,5-8H2. The van der Waals surface area contributed by atoms with E-state index in [4.69, 9.17) is 0 Å². The molecule has 1 fully saturated rings. The molecule has 0 spiro atoms. The van der Waals surface area contributed by atoms with Crippen LogP contribution in [0.15, 0.2) is 11.6 Å². The smallest absolute Gasteiger partial charge is 0.0937 e. The van der Waals surface area contributed by atoms with E-state index in [1.165, 1.54) is 28.0 Å². The van der Waals surface area contributed by atoms with Gasteiger partial charge in [-0.05, 0) is 0 Å². The van der Waals surface area contributed by atoms with Gasteiger partial charge in [0.1, 0.15) is 0 Å². The highest BCUT2D eigenvalue weighted by molar-refractivity contribution is 8.03. The molecule has 0 unspecified atom stereocenters. The summed E-state index contributed by atoms with van der Waals surface area (Å²) >= 11 is 5.90. The van der Waals surface area contributed by atoms with Gasteiger partial charge in [-0.2, -0.15) is 23.5 Å². The number of thioether (sulfide) groups is 2. The Hall–Kier alpha value is 0.290. The maximum Gasteiger partial charge on any atom is 0.0937 e. The van der Waals surface area contributed by atoms with Gasteiger partial charge in [-0.25, -0.2) is 4.98 Å². The molecule has 0 aromatic carbocycles. The lowest BCUT2D eigenvalue weighted by molar-refractivity contribution is 0.604. The number of hydrogen-bond donors (Lipinski definition) is 1. The van der Waals surface area contributed by atoms with Crippen LogP contribution in [0.5, 0.6) is 0 Å². The second kappa shape index (κ2) is 6.78. The third-order valence-electron chi connectivity index (χ3n) is 2.27.